The zero-order valence-corrected chi connectivity index (χ0v) is 12.1. The number of sulfonamides is 1. The second-order valence-corrected chi connectivity index (χ2v) is 6.86. The first-order valence-electron chi connectivity index (χ1n) is 6.38. The highest BCUT2D eigenvalue weighted by Gasteiger charge is 2.41. The van der Waals surface area contributed by atoms with E-state index in [-0.39, 0.29) is 6.42 Å². The summed E-state index contributed by atoms with van der Waals surface area (Å²) >= 11 is 0. The second-order valence-electron chi connectivity index (χ2n) is 4.88. The van der Waals surface area contributed by atoms with E-state index in [4.69, 9.17) is 5.73 Å². The summed E-state index contributed by atoms with van der Waals surface area (Å²) in [7, 11) is -2.84. The van der Waals surface area contributed by atoms with Gasteiger partial charge in [0.2, 0.25) is 10.0 Å². The number of carbonyl (C=O) groups is 1. The highest BCUT2D eigenvalue weighted by molar-refractivity contribution is 7.90. The first-order valence-corrected chi connectivity index (χ1v) is 7.92. The molecule has 0 saturated heterocycles. The molecule has 3 N–H and O–H groups in total. The van der Waals surface area contributed by atoms with Crippen molar-refractivity contribution < 1.29 is 26.7 Å². The largest absolute Gasteiger partial charge is 0.469 e. The van der Waals surface area contributed by atoms with Crippen LogP contribution in [0.2, 0.25) is 0 Å². The summed E-state index contributed by atoms with van der Waals surface area (Å²) in [6.45, 7) is -2.00. The Hall–Kier alpha value is -0.800. The number of methoxy groups -OCH3 is 1. The maximum Gasteiger partial charge on any atom is 0.310 e. The van der Waals surface area contributed by atoms with Gasteiger partial charge in [0.15, 0.2) is 0 Å². The van der Waals surface area contributed by atoms with E-state index in [9.17, 15) is 22.0 Å². The van der Waals surface area contributed by atoms with Crippen molar-refractivity contribution in [3.05, 3.63) is 0 Å². The number of halogens is 2. The lowest BCUT2D eigenvalue weighted by atomic mass is 9.89. The molecule has 0 heterocycles. The van der Waals surface area contributed by atoms with E-state index in [0.717, 1.165) is 0 Å². The molecule has 2 unspecified atom stereocenters. The molecule has 0 aromatic carbocycles. The number of esters is 1. The Bertz CT molecular complexity index is 442. The van der Waals surface area contributed by atoms with Crippen LogP contribution in [0.15, 0.2) is 0 Å². The van der Waals surface area contributed by atoms with Gasteiger partial charge in [-0.15, -0.1) is 0 Å². The van der Waals surface area contributed by atoms with Crippen LogP contribution in [0.1, 0.15) is 25.7 Å². The smallest absolute Gasteiger partial charge is 0.310 e. The van der Waals surface area contributed by atoms with Crippen LogP contribution in [-0.4, -0.2) is 45.8 Å². The third kappa shape index (κ3) is 4.35. The molecule has 0 radical (unpaired) electrons. The standard InChI is InChI=1S/C11H20F2N2O4S/c1-19-10(16)8-4-2-3-5-9(8)20(17,18)15-7-11(12,13)6-14/h8-9,15H,2-7,14H2,1H3. The van der Waals surface area contributed by atoms with Gasteiger partial charge in [-0.2, -0.15) is 0 Å². The average molecular weight is 314 g/mol. The summed E-state index contributed by atoms with van der Waals surface area (Å²) in [6, 6.07) is 0. The molecule has 6 nitrogen and oxygen atoms in total. The summed E-state index contributed by atoms with van der Waals surface area (Å²) in [6.07, 6.45) is 1.98. The molecule has 0 amide bonds. The van der Waals surface area contributed by atoms with Crippen molar-refractivity contribution in [2.24, 2.45) is 11.7 Å². The third-order valence-electron chi connectivity index (χ3n) is 3.44. The summed E-state index contributed by atoms with van der Waals surface area (Å²) in [4.78, 5) is 11.6. The van der Waals surface area contributed by atoms with Crippen molar-refractivity contribution in [1.29, 1.82) is 0 Å². The zero-order valence-electron chi connectivity index (χ0n) is 11.3. The lowest BCUT2D eigenvalue weighted by Gasteiger charge is -2.29. The lowest BCUT2D eigenvalue weighted by Crippen LogP contribution is -2.48. The van der Waals surface area contributed by atoms with Gasteiger partial charge in [-0.1, -0.05) is 12.8 Å². The van der Waals surface area contributed by atoms with Gasteiger partial charge in [-0.25, -0.2) is 21.9 Å². The highest BCUT2D eigenvalue weighted by atomic mass is 32.2. The summed E-state index contributed by atoms with van der Waals surface area (Å²) in [5.74, 6) is -4.73. The minimum Gasteiger partial charge on any atom is -0.469 e. The van der Waals surface area contributed by atoms with Crippen molar-refractivity contribution in [2.45, 2.75) is 36.9 Å². The van der Waals surface area contributed by atoms with E-state index in [0.29, 0.717) is 19.3 Å². The lowest BCUT2D eigenvalue weighted by molar-refractivity contribution is -0.146. The van der Waals surface area contributed by atoms with Crippen LogP contribution in [0, 0.1) is 5.92 Å². The number of carbonyl (C=O) groups excluding carboxylic acids is 1. The van der Waals surface area contributed by atoms with E-state index in [1.54, 1.807) is 0 Å². The molecule has 0 bridgehead atoms. The number of ether oxygens (including phenoxy) is 1. The number of nitrogens with two attached hydrogens (primary N) is 1. The third-order valence-corrected chi connectivity index (χ3v) is 5.34. The Morgan fingerprint density at radius 1 is 1.40 bits per heavy atom. The van der Waals surface area contributed by atoms with Crippen LogP contribution < -0.4 is 10.5 Å². The molecule has 118 valence electrons. The predicted octanol–water partition coefficient (Wildman–Crippen LogP) is 0.232. The molecule has 0 aliphatic heterocycles. The Balaban J connectivity index is 2.80. The van der Waals surface area contributed by atoms with Crippen LogP contribution in [0.5, 0.6) is 0 Å². The summed E-state index contributed by atoms with van der Waals surface area (Å²) in [5.41, 5.74) is 4.85. The first-order chi connectivity index (χ1) is 9.23. The fourth-order valence-corrected chi connectivity index (χ4v) is 4.06. The molecule has 9 heteroatoms. The van der Waals surface area contributed by atoms with Crippen molar-refractivity contribution >= 4 is 16.0 Å². The molecule has 1 fully saturated rings. The van der Waals surface area contributed by atoms with Gasteiger partial charge >= 0.3 is 5.97 Å². The van der Waals surface area contributed by atoms with E-state index in [2.05, 4.69) is 4.74 Å². The molecule has 20 heavy (non-hydrogen) atoms. The van der Waals surface area contributed by atoms with Gasteiger partial charge in [0.25, 0.3) is 5.92 Å². The normalized spacial score (nSPS) is 24.4. The number of alkyl halides is 2. The van der Waals surface area contributed by atoms with Crippen molar-refractivity contribution in [3.63, 3.8) is 0 Å². The zero-order chi connectivity index (χ0) is 15.4. The van der Waals surface area contributed by atoms with Crippen LogP contribution in [0.3, 0.4) is 0 Å². The predicted molar refractivity (Wildman–Crippen MR) is 68.7 cm³/mol. The van der Waals surface area contributed by atoms with Gasteiger partial charge < -0.3 is 10.5 Å². The highest BCUT2D eigenvalue weighted by Crippen LogP contribution is 2.30. The number of hydrogen-bond donors (Lipinski definition) is 2. The monoisotopic (exact) mass is 314 g/mol. The average Bonchev–Trinajstić information content (AvgIpc) is 2.44. The molecular formula is C11H20F2N2O4S. The van der Waals surface area contributed by atoms with Gasteiger partial charge in [0.1, 0.15) is 0 Å². The van der Waals surface area contributed by atoms with Crippen molar-refractivity contribution in [3.8, 4) is 0 Å². The van der Waals surface area contributed by atoms with Crippen LogP contribution in [-0.2, 0) is 19.6 Å². The fourth-order valence-electron chi connectivity index (χ4n) is 2.27. The Morgan fingerprint density at radius 3 is 2.55 bits per heavy atom. The van der Waals surface area contributed by atoms with Crippen LogP contribution in [0.4, 0.5) is 8.78 Å². The number of rotatable bonds is 6. The van der Waals surface area contributed by atoms with E-state index < -0.39 is 46.2 Å². The second kappa shape index (κ2) is 6.77. The summed E-state index contributed by atoms with van der Waals surface area (Å²) in [5, 5.41) is -1.03. The molecule has 2 atom stereocenters. The minimum absolute atomic E-state index is 0.253. The Morgan fingerprint density at radius 2 is 2.00 bits per heavy atom. The maximum absolute atomic E-state index is 13.0. The van der Waals surface area contributed by atoms with Crippen LogP contribution in [0.25, 0.3) is 0 Å². The maximum atomic E-state index is 13.0. The molecule has 1 aliphatic rings. The molecule has 1 rings (SSSR count). The Kier molecular flexibility index (Phi) is 5.84. The molecule has 0 aromatic rings. The van der Waals surface area contributed by atoms with Gasteiger partial charge in [-0.05, 0) is 12.8 Å². The molecule has 1 aliphatic carbocycles. The van der Waals surface area contributed by atoms with E-state index >= 15 is 0 Å². The topological polar surface area (TPSA) is 98.5 Å². The van der Waals surface area contributed by atoms with Gasteiger partial charge in [0.05, 0.1) is 31.4 Å². The Labute approximate surface area is 117 Å². The molecular weight excluding hydrogens is 294 g/mol. The van der Waals surface area contributed by atoms with Gasteiger partial charge in [-0.3, -0.25) is 4.79 Å². The summed E-state index contributed by atoms with van der Waals surface area (Å²) < 4.78 is 56.7. The van der Waals surface area contributed by atoms with E-state index in [1.165, 1.54) is 7.11 Å². The van der Waals surface area contributed by atoms with Gasteiger partial charge in [0, 0.05) is 0 Å². The van der Waals surface area contributed by atoms with Crippen molar-refractivity contribution in [2.75, 3.05) is 20.2 Å². The SMILES string of the molecule is COC(=O)C1CCCCC1S(=O)(=O)NCC(F)(F)CN. The molecule has 0 aromatic heterocycles. The number of nitrogens with one attached hydrogen (secondary N) is 1. The minimum atomic E-state index is -4.02. The number of hydrogen-bond acceptors (Lipinski definition) is 5. The quantitative estimate of drug-likeness (QED) is 0.684. The first kappa shape index (κ1) is 17.3. The van der Waals surface area contributed by atoms with Crippen molar-refractivity contribution in [1.82, 2.24) is 4.72 Å². The molecule has 1 saturated carbocycles. The van der Waals surface area contributed by atoms with Crippen LogP contribution >= 0.6 is 0 Å². The fraction of sp³-hybridized carbons (Fsp3) is 0.909. The van der Waals surface area contributed by atoms with E-state index in [1.807, 2.05) is 4.72 Å². The molecule has 0 spiro atoms.